The zero-order valence-corrected chi connectivity index (χ0v) is 24.3. The summed E-state index contributed by atoms with van der Waals surface area (Å²) in [5, 5.41) is 15.2. The van der Waals surface area contributed by atoms with Gasteiger partial charge < -0.3 is 10.6 Å². The molecule has 3 aromatic heterocycles. The van der Waals surface area contributed by atoms with Gasteiger partial charge in [0.05, 0.1) is 41.6 Å². The number of hydrogen-bond donors (Lipinski definition) is 2. The fourth-order valence-corrected chi connectivity index (χ4v) is 6.51. The maximum Gasteiger partial charge on any atom is 0.266 e. The fourth-order valence-electron chi connectivity index (χ4n) is 6.51. The number of hydrogen-bond acceptors (Lipinski definition) is 5. The normalized spacial score (nSPS) is 24.2. The van der Waals surface area contributed by atoms with E-state index in [0.29, 0.717) is 59.8 Å². The lowest BCUT2D eigenvalue weighted by atomic mass is 9.67. The first-order valence-electron chi connectivity index (χ1n) is 14.6. The van der Waals surface area contributed by atoms with Crippen molar-refractivity contribution in [2.45, 2.75) is 83.2 Å². The molecule has 0 radical (unpaired) electrons. The van der Waals surface area contributed by atoms with Crippen molar-refractivity contribution >= 4 is 11.3 Å². The van der Waals surface area contributed by atoms with Gasteiger partial charge in [0.1, 0.15) is 0 Å². The predicted octanol–water partition coefficient (Wildman–Crippen LogP) is 6.71. The van der Waals surface area contributed by atoms with E-state index in [9.17, 15) is 17.6 Å². The molecule has 0 bridgehead atoms. The van der Waals surface area contributed by atoms with Crippen molar-refractivity contribution in [3.05, 3.63) is 78.7 Å². The molecular formula is C31H39F4N7. The smallest absolute Gasteiger partial charge is 0.266 e. The monoisotopic (exact) mass is 585 g/mol. The van der Waals surface area contributed by atoms with Crippen LogP contribution >= 0.6 is 0 Å². The second-order valence-corrected chi connectivity index (χ2v) is 11.7. The Labute approximate surface area is 243 Å². The Bertz CT molecular complexity index is 1480. The second-order valence-electron chi connectivity index (χ2n) is 11.7. The summed E-state index contributed by atoms with van der Waals surface area (Å²) in [5.74, 6) is -6.06. The van der Waals surface area contributed by atoms with Gasteiger partial charge in [0, 0.05) is 49.5 Å². The van der Waals surface area contributed by atoms with Crippen molar-refractivity contribution in [1.82, 2.24) is 35.0 Å². The van der Waals surface area contributed by atoms with Gasteiger partial charge >= 0.3 is 0 Å². The van der Waals surface area contributed by atoms with Crippen molar-refractivity contribution in [3.63, 3.8) is 0 Å². The van der Waals surface area contributed by atoms with Gasteiger partial charge in [-0.05, 0) is 50.3 Å². The number of fused-ring (bicyclic) bond motifs is 1. The highest BCUT2D eigenvalue weighted by molar-refractivity contribution is 5.59. The molecule has 2 N–H and O–H groups in total. The van der Waals surface area contributed by atoms with E-state index in [1.165, 1.54) is 0 Å². The number of halogens is 4. The number of rotatable bonds is 10. The molecule has 1 aliphatic carbocycles. The number of alkyl halides is 4. The fraction of sp³-hybridized carbons (Fsp3) is 0.516. The Morgan fingerprint density at radius 3 is 2.67 bits per heavy atom. The van der Waals surface area contributed by atoms with Crippen LogP contribution in [-0.2, 0) is 13.0 Å². The van der Waals surface area contributed by atoms with Crippen molar-refractivity contribution in [1.29, 1.82) is 0 Å². The number of allylic oxidation sites excluding steroid dienone is 1. The lowest BCUT2D eigenvalue weighted by Gasteiger charge is -2.44. The van der Waals surface area contributed by atoms with E-state index in [-0.39, 0.29) is 25.2 Å². The first kappa shape index (κ1) is 29.8. The number of aromatic nitrogens is 5. The summed E-state index contributed by atoms with van der Waals surface area (Å²) in [7, 11) is 0. The predicted molar refractivity (Wildman–Crippen MR) is 155 cm³/mol. The van der Waals surface area contributed by atoms with Crippen molar-refractivity contribution in [3.8, 4) is 0 Å². The molecule has 2 fully saturated rings. The Morgan fingerprint density at radius 1 is 1.17 bits per heavy atom. The number of nitrogens with one attached hydrogen (secondary N) is 2. The van der Waals surface area contributed by atoms with Crippen LogP contribution in [0.15, 0.2) is 61.6 Å². The maximum atomic E-state index is 14.6. The minimum absolute atomic E-state index is 0.125. The van der Waals surface area contributed by atoms with Gasteiger partial charge in [-0.3, -0.25) is 4.68 Å². The Hall–Kier alpha value is -3.63. The van der Waals surface area contributed by atoms with E-state index >= 15 is 0 Å². The summed E-state index contributed by atoms with van der Waals surface area (Å²) >= 11 is 0. The van der Waals surface area contributed by atoms with E-state index in [0.717, 1.165) is 5.69 Å². The minimum Gasteiger partial charge on any atom is -0.382 e. The summed E-state index contributed by atoms with van der Waals surface area (Å²) in [5.41, 5.74) is 3.14. The molecule has 2 aliphatic rings. The van der Waals surface area contributed by atoms with Crippen molar-refractivity contribution in [2.24, 2.45) is 11.3 Å². The molecule has 1 saturated heterocycles. The number of aryl methyl sites for hydroxylation is 1. The average molecular weight is 586 g/mol. The van der Waals surface area contributed by atoms with Crippen LogP contribution in [0.2, 0.25) is 0 Å². The molecular weight excluding hydrogens is 546 g/mol. The van der Waals surface area contributed by atoms with E-state index in [4.69, 9.17) is 10.1 Å². The van der Waals surface area contributed by atoms with Crippen molar-refractivity contribution in [2.75, 3.05) is 6.54 Å². The van der Waals surface area contributed by atoms with Gasteiger partial charge in [-0.1, -0.05) is 32.2 Å². The van der Waals surface area contributed by atoms with Crippen LogP contribution in [0.25, 0.3) is 11.3 Å². The van der Waals surface area contributed by atoms with Gasteiger partial charge in [0.25, 0.3) is 5.92 Å². The summed E-state index contributed by atoms with van der Waals surface area (Å²) in [6.45, 7) is 16.4. The summed E-state index contributed by atoms with van der Waals surface area (Å²) in [6.07, 6.45) is 4.37. The Balaban J connectivity index is 1.48. The average Bonchev–Trinajstić information content (AvgIpc) is 3.59. The van der Waals surface area contributed by atoms with Gasteiger partial charge in [0.15, 0.2) is 5.65 Å². The summed E-state index contributed by atoms with van der Waals surface area (Å²) in [4.78, 5) is 4.77. The summed E-state index contributed by atoms with van der Waals surface area (Å²) in [6, 6.07) is 4.84. The second kappa shape index (κ2) is 11.2. The molecule has 7 nitrogen and oxygen atoms in total. The quantitative estimate of drug-likeness (QED) is 0.204. The summed E-state index contributed by atoms with van der Waals surface area (Å²) < 4.78 is 61.8. The van der Waals surface area contributed by atoms with Gasteiger partial charge in [-0.2, -0.15) is 10.2 Å². The third-order valence-electron chi connectivity index (χ3n) is 8.80. The van der Waals surface area contributed by atoms with Crippen LogP contribution in [0, 0.1) is 11.3 Å². The highest BCUT2D eigenvalue weighted by Crippen LogP contribution is 2.48. The van der Waals surface area contributed by atoms with E-state index in [1.54, 1.807) is 33.7 Å². The highest BCUT2D eigenvalue weighted by Gasteiger charge is 2.49. The van der Waals surface area contributed by atoms with Gasteiger partial charge in [0.2, 0.25) is 5.92 Å². The Kier molecular flexibility index (Phi) is 7.98. The third-order valence-corrected chi connectivity index (χ3v) is 8.80. The molecule has 0 spiro atoms. The van der Waals surface area contributed by atoms with Crippen LogP contribution in [0.4, 0.5) is 17.6 Å². The number of piperidine rings is 1. The first-order chi connectivity index (χ1) is 19.9. The lowest BCUT2D eigenvalue weighted by molar-refractivity contribution is -0.0577. The Morgan fingerprint density at radius 2 is 1.95 bits per heavy atom. The topological polar surface area (TPSA) is 72.1 Å². The molecule has 3 unspecified atom stereocenters. The molecule has 1 aliphatic heterocycles. The van der Waals surface area contributed by atoms with Crippen LogP contribution < -0.4 is 10.6 Å². The largest absolute Gasteiger partial charge is 0.382 e. The van der Waals surface area contributed by atoms with Crippen LogP contribution in [-0.4, -0.2) is 42.8 Å². The molecule has 42 heavy (non-hydrogen) atoms. The van der Waals surface area contributed by atoms with Crippen LogP contribution in [0.3, 0.4) is 0 Å². The molecule has 3 aromatic rings. The number of nitrogens with zero attached hydrogens (tertiary/aromatic N) is 5. The zero-order chi connectivity index (χ0) is 30.3. The molecule has 3 atom stereocenters. The molecule has 4 heterocycles. The SMILES string of the molecule is C=C(NC(c1cn2nc(CC3(C(=C)CC)CC(F)(F)CNC3=C)ccc2n1)C1CCCC(F)(F)C1)c1ccnn1CC. The minimum atomic E-state index is -2.91. The van der Waals surface area contributed by atoms with E-state index < -0.39 is 36.3 Å². The van der Waals surface area contributed by atoms with Gasteiger partial charge in [-0.15, -0.1) is 0 Å². The van der Waals surface area contributed by atoms with Crippen LogP contribution in [0.5, 0.6) is 0 Å². The molecule has 0 amide bonds. The molecule has 0 aromatic carbocycles. The maximum absolute atomic E-state index is 14.6. The number of imidazole rings is 1. The highest BCUT2D eigenvalue weighted by atomic mass is 19.3. The molecule has 11 heteroatoms. The molecule has 1 saturated carbocycles. The first-order valence-corrected chi connectivity index (χ1v) is 14.6. The van der Waals surface area contributed by atoms with Crippen molar-refractivity contribution < 1.29 is 17.6 Å². The zero-order valence-electron chi connectivity index (χ0n) is 24.3. The van der Waals surface area contributed by atoms with Crippen LogP contribution in [0.1, 0.15) is 75.5 Å². The third kappa shape index (κ3) is 5.83. The molecule has 226 valence electrons. The van der Waals surface area contributed by atoms with E-state index in [1.807, 2.05) is 19.9 Å². The molecule has 5 rings (SSSR count). The van der Waals surface area contributed by atoms with E-state index in [2.05, 4.69) is 35.5 Å². The lowest BCUT2D eigenvalue weighted by Crippen LogP contribution is -2.50. The van der Waals surface area contributed by atoms with Gasteiger partial charge in [-0.25, -0.2) is 27.1 Å². The standard InChI is InChI=1S/C31H39F4N7/c1-6-20(3)29(18-31(34,35)19-36-22(29)5)16-24-10-11-27-39-25(17-42(27)40-24)28(23-9-8-13-30(32,33)15-23)38-21(4)26-12-14-37-41(26)7-2/h10-12,14,17,23,28,36,38H,3-9,13,15-16,18-19H2,1-2H3.